The monoisotopic (exact) mass is 293 g/mol. The first-order valence-corrected chi connectivity index (χ1v) is 8.16. The van der Waals surface area contributed by atoms with Gasteiger partial charge in [0.15, 0.2) is 0 Å². The van der Waals surface area contributed by atoms with Gasteiger partial charge < -0.3 is 9.64 Å². The first-order chi connectivity index (χ1) is 9.73. The largest absolute Gasteiger partial charge is 0.462 e. The third-order valence-corrected chi connectivity index (χ3v) is 7.04. The van der Waals surface area contributed by atoms with E-state index in [0.29, 0.717) is 6.42 Å². The van der Waals surface area contributed by atoms with Gasteiger partial charge in [0.1, 0.15) is 11.9 Å². The van der Waals surface area contributed by atoms with Crippen molar-refractivity contribution in [1.29, 1.82) is 0 Å². The lowest BCUT2D eigenvalue weighted by Gasteiger charge is -2.39. The van der Waals surface area contributed by atoms with Gasteiger partial charge in [-0.25, -0.2) is 0 Å². The fourth-order valence-corrected chi connectivity index (χ4v) is 4.68. The van der Waals surface area contributed by atoms with Gasteiger partial charge in [-0.3, -0.25) is 9.59 Å². The molecule has 1 aliphatic heterocycles. The molecule has 2 unspecified atom stereocenters. The van der Waals surface area contributed by atoms with E-state index in [9.17, 15) is 9.59 Å². The topological polar surface area (TPSA) is 46.6 Å². The summed E-state index contributed by atoms with van der Waals surface area (Å²) in [5.41, 5.74) is -1.22. The molecular weight excluding hydrogens is 266 g/mol. The van der Waals surface area contributed by atoms with E-state index in [0.717, 1.165) is 38.8 Å². The highest BCUT2D eigenvalue weighted by Crippen LogP contribution is 2.70. The molecule has 0 amide bonds. The maximum Gasteiger partial charge on any atom is 0.313 e. The van der Waals surface area contributed by atoms with Gasteiger partial charge in [-0.05, 0) is 38.1 Å². The van der Waals surface area contributed by atoms with Gasteiger partial charge in [0.2, 0.25) is 0 Å². The van der Waals surface area contributed by atoms with Gasteiger partial charge in [-0.2, -0.15) is 0 Å². The van der Waals surface area contributed by atoms with Crippen LogP contribution in [0.2, 0.25) is 0 Å². The second-order valence-corrected chi connectivity index (χ2v) is 8.05. The second-order valence-electron chi connectivity index (χ2n) is 8.05. The van der Waals surface area contributed by atoms with Crippen molar-refractivity contribution < 1.29 is 14.3 Å². The number of piperidine rings is 1. The molecule has 2 aliphatic carbocycles. The molecule has 2 saturated carbocycles. The van der Waals surface area contributed by atoms with Crippen molar-refractivity contribution in [2.45, 2.75) is 59.0 Å². The summed E-state index contributed by atoms with van der Waals surface area (Å²) in [6.07, 6.45) is 3.84. The molecule has 3 aliphatic rings. The Labute approximate surface area is 127 Å². The number of ether oxygens (including phenoxy) is 1. The molecule has 0 N–H and O–H groups in total. The predicted molar refractivity (Wildman–Crippen MR) is 79.8 cm³/mol. The van der Waals surface area contributed by atoms with Crippen LogP contribution < -0.4 is 0 Å². The van der Waals surface area contributed by atoms with E-state index in [1.165, 1.54) is 0 Å². The molecule has 1 saturated heterocycles. The molecule has 4 nitrogen and oxygen atoms in total. The Kier molecular flexibility index (Phi) is 3.25. The maximum absolute atomic E-state index is 12.9. The maximum atomic E-state index is 12.9. The summed E-state index contributed by atoms with van der Waals surface area (Å²) in [5.74, 6) is 0.135. The van der Waals surface area contributed by atoms with Crippen LogP contribution in [-0.2, 0) is 14.3 Å². The van der Waals surface area contributed by atoms with E-state index in [2.05, 4.69) is 25.8 Å². The first kappa shape index (κ1) is 15.0. The Hall–Kier alpha value is -0.900. The molecule has 0 aromatic rings. The molecule has 0 spiro atoms. The van der Waals surface area contributed by atoms with Crippen LogP contribution in [-0.4, -0.2) is 42.9 Å². The van der Waals surface area contributed by atoms with E-state index in [1.807, 2.05) is 6.92 Å². The molecule has 1 heterocycles. The minimum atomic E-state index is -0.581. The number of carbonyl (C=O) groups is 2. The lowest BCUT2D eigenvalue weighted by Crippen LogP contribution is -2.44. The SMILES string of the molecule is CN1CCC(OC(=O)C23CCC(C)(C(=O)C2)C3(C)C)CC1. The molecule has 3 rings (SSSR count). The van der Waals surface area contributed by atoms with Crippen LogP contribution in [0.4, 0.5) is 0 Å². The molecule has 118 valence electrons. The fraction of sp³-hybridized carbons (Fsp3) is 0.882. The number of rotatable bonds is 2. The Morgan fingerprint density at radius 2 is 1.81 bits per heavy atom. The van der Waals surface area contributed by atoms with Gasteiger partial charge in [0, 0.05) is 24.9 Å². The highest BCUT2D eigenvalue weighted by atomic mass is 16.5. The highest BCUT2D eigenvalue weighted by Gasteiger charge is 2.73. The van der Waals surface area contributed by atoms with Gasteiger partial charge in [-0.15, -0.1) is 0 Å². The molecule has 0 aromatic carbocycles. The number of esters is 1. The van der Waals surface area contributed by atoms with Crippen LogP contribution in [0.3, 0.4) is 0 Å². The zero-order chi connectivity index (χ0) is 15.5. The molecule has 21 heavy (non-hydrogen) atoms. The number of fused-ring (bicyclic) bond motifs is 2. The Morgan fingerprint density at radius 1 is 1.19 bits per heavy atom. The number of carbonyl (C=O) groups excluding carboxylic acids is 2. The minimum Gasteiger partial charge on any atom is -0.462 e. The Morgan fingerprint density at radius 3 is 2.29 bits per heavy atom. The number of hydrogen-bond donors (Lipinski definition) is 0. The zero-order valence-electron chi connectivity index (χ0n) is 13.7. The fourth-order valence-electron chi connectivity index (χ4n) is 4.68. The quantitative estimate of drug-likeness (QED) is 0.734. The van der Waals surface area contributed by atoms with E-state index in [1.54, 1.807) is 0 Å². The van der Waals surface area contributed by atoms with Crippen molar-refractivity contribution in [3.63, 3.8) is 0 Å². The summed E-state index contributed by atoms with van der Waals surface area (Å²) >= 11 is 0. The molecule has 2 atom stereocenters. The van der Waals surface area contributed by atoms with E-state index in [-0.39, 0.29) is 28.7 Å². The van der Waals surface area contributed by atoms with E-state index in [4.69, 9.17) is 4.74 Å². The first-order valence-electron chi connectivity index (χ1n) is 8.16. The van der Waals surface area contributed by atoms with Gasteiger partial charge in [-0.1, -0.05) is 20.8 Å². The van der Waals surface area contributed by atoms with Gasteiger partial charge in [0.25, 0.3) is 0 Å². The normalized spacial score (nSPS) is 39.7. The Bertz CT molecular complexity index is 478. The van der Waals surface area contributed by atoms with Crippen molar-refractivity contribution in [1.82, 2.24) is 4.90 Å². The molecule has 2 bridgehead atoms. The van der Waals surface area contributed by atoms with E-state index >= 15 is 0 Å². The van der Waals surface area contributed by atoms with Crippen molar-refractivity contribution in [2.24, 2.45) is 16.2 Å². The summed E-state index contributed by atoms with van der Waals surface area (Å²) in [6.45, 7) is 8.16. The van der Waals surface area contributed by atoms with Crippen LogP contribution >= 0.6 is 0 Å². The van der Waals surface area contributed by atoms with Crippen LogP contribution in [0, 0.1) is 16.2 Å². The van der Waals surface area contributed by atoms with Crippen LogP contribution in [0.1, 0.15) is 52.9 Å². The number of ketones is 1. The summed E-state index contributed by atoms with van der Waals surface area (Å²) in [7, 11) is 2.10. The summed E-state index contributed by atoms with van der Waals surface area (Å²) < 4.78 is 5.86. The minimum absolute atomic E-state index is 0.0291. The lowest BCUT2D eigenvalue weighted by atomic mass is 9.65. The summed E-state index contributed by atoms with van der Waals surface area (Å²) in [4.78, 5) is 27.6. The van der Waals surface area contributed by atoms with E-state index < -0.39 is 5.41 Å². The third-order valence-electron chi connectivity index (χ3n) is 7.04. The van der Waals surface area contributed by atoms with Crippen molar-refractivity contribution in [3.05, 3.63) is 0 Å². The molecular formula is C17H27NO3. The zero-order valence-corrected chi connectivity index (χ0v) is 13.7. The predicted octanol–water partition coefficient (Wildman–Crippen LogP) is 2.41. The molecule has 0 aromatic heterocycles. The molecule has 4 heteroatoms. The molecule has 3 fully saturated rings. The number of Topliss-reactive ketones (excluding diaryl/α,β-unsaturated/α-hetero) is 1. The van der Waals surface area contributed by atoms with Crippen LogP contribution in [0.15, 0.2) is 0 Å². The average molecular weight is 293 g/mol. The third kappa shape index (κ3) is 1.84. The summed E-state index contributed by atoms with van der Waals surface area (Å²) in [5, 5.41) is 0. The number of nitrogens with zero attached hydrogens (tertiary/aromatic N) is 1. The van der Waals surface area contributed by atoms with Crippen molar-refractivity contribution >= 4 is 11.8 Å². The standard InChI is InChI=1S/C17H27NO3/c1-15(2)16(3)7-8-17(15,11-13(16)19)14(20)21-12-5-9-18(4)10-6-12/h12H,5-11H2,1-4H3. The Balaban J connectivity index is 1.77. The van der Waals surface area contributed by atoms with Crippen molar-refractivity contribution in [3.8, 4) is 0 Å². The van der Waals surface area contributed by atoms with Gasteiger partial charge >= 0.3 is 5.97 Å². The smallest absolute Gasteiger partial charge is 0.313 e. The highest BCUT2D eigenvalue weighted by molar-refractivity contribution is 5.98. The number of hydrogen-bond acceptors (Lipinski definition) is 4. The van der Waals surface area contributed by atoms with Crippen molar-refractivity contribution in [2.75, 3.05) is 20.1 Å². The average Bonchev–Trinajstić information content (AvgIpc) is 2.72. The summed E-state index contributed by atoms with van der Waals surface area (Å²) in [6, 6.07) is 0. The second kappa shape index (κ2) is 4.55. The van der Waals surface area contributed by atoms with Crippen LogP contribution in [0.5, 0.6) is 0 Å². The van der Waals surface area contributed by atoms with Crippen LogP contribution in [0.25, 0.3) is 0 Å². The molecule has 0 radical (unpaired) electrons. The van der Waals surface area contributed by atoms with Gasteiger partial charge in [0.05, 0.1) is 5.41 Å². The lowest BCUT2D eigenvalue weighted by molar-refractivity contribution is -0.169. The number of likely N-dealkylation sites (tertiary alicyclic amines) is 1.